The minimum Gasteiger partial charge on any atom is -0.438 e. The van der Waals surface area contributed by atoms with Gasteiger partial charge in [-0.3, -0.25) is 0 Å². The molecule has 0 saturated heterocycles. The number of oxazole rings is 1. The second kappa shape index (κ2) is 6.57. The first-order valence-electron chi connectivity index (χ1n) is 6.63. The topological polar surface area (TPSA) is 52.0 Å². The van der Waals surface area contributed by atoms with Crippen LogP contribution in [0.3, 0.4) is 0 Å². The van der Waals surface area contributed by atoms with Crippen molar-refractivity contribution < 1.29 is 4.42 Å². The molecule has 1 aromatic heterocycles. The van der Waals surface area contributed by atoms with Crippen LogP contribution in [0.5, 0.6) is 0 Å². The molecule has 0 fully saturated rings. The monoisotopic (exact) mass is 300 g/mol. The standard InChI is InChI=1S/C17H16N2O.ClH/c1-12(18)17-19-15(13-8-4-2-5-9-13)16(20-17)14-10-6-3-7-11-14;/h2-12H,18H2,1H3;1H. The maximum Gasteiger partial charge on any atom is 0.212 e. The van der Waals surface area contributed by atoms with Crippen LogP contribution in [0.1, 0.15) is 18.9 Å². The zero-order valence-electron chi connectivity index (χ0n) is 11.7. The van der Waals surface area contributed by atoms with Crippen molar-refractivity contribution >= 4 is 12.4 Å². The summed E-state index contributed by atoms with van der Waals surface area (Å²) in [5.41, 5.74) is 8.77. The van der Waals surface area contributed by atoms with Crippen molar-refractivity contribution in [3.05, 3.63) is 66.6 Å². The first-order valence-corrected chi connectivity index (χ1v) is 6.63. The Morgan fingerprint density at radius 3 is 1.95 bits per heavy atom. The molecule has 0 radical (unpaired) electrons. The van der Waals surface area contributed by atoms with Crippen LogP contribution in [0.25, 0.3) is 22.6 Å². The van der Waals surface area contributed by atoms with Gasteiger partial charge in [0, 0.05) is 11.1 Å². The highest BCUT2D eigenvalue weighted by atomic mass is 35.5. The van der Waals surface area contributed by atoms with Crippen molar-refractivity contribution in [1.82, 2.24) is 4.98 Å². The van der Waals surface area contributed by atoms with Crippen LogP contribution in [0.4, 0.5) is 0 Å². The van der Waals surface area contributed by atoms with Gasteiger partial charge >= 0.3 is 0 Å². The Bertz CT molecular complexity index is 636. The average molecular weight is 301 g/mol. The molecular formula is C17H17ClN2O. The first-order chi connectivity index (χ1) is 9.75. The molecule has 1 heterocycles. The number of halogens is 1. The SMILES string of the molecule is CC(N)c1nc(-c2ccccc2)c(-c2ccccc2)o1.Cl. The van der Waals surface area contributed by atoms with Gasteiger partial charge in [0.2, 0.25) is 5.89 Å². The largest absolute Gasteiger partial charge is 0.438 e. The predicted octanol–water partition coefficient (Wildman–Crippen LogP) is 4.45. The van der Waals surface area contributed by atoms with E-state index in [1.54, 1.807) is 0 Å². The highest BCUT2D eigenvalue weighted by Crippen LogP contribution is 2.33. The van der Waals surface area contributed by atoms with E-state index in [2.05, 4.69) is 4.98 Å². The van der Waals surface area contributed by atoms with Crippen LogP contribution in [-0.4, -0.2) is 4.98 Å². The van der Waals surface area contributed by atoms with E-state index < -0.39 is 0 Å². The predicted molar refractivity (Wildman–Crippen MR) is 87.2 cm³/mol. The Morgan fingerprint density at radius 2 is 1.43 bits per heavy atom. The van der Waals surface area contributed by atoms with Gasteiger partial charge in [-0.05, 0) is 6.92 Å². The summed E-state index contributed by atoms with van der Waals surface area (Å²) < 4.78 is 5.88. The van der Waals surface area contributed by atoms with E-state index in [1.165, 1.54) is 0 Å². The van der Waals surface area contributed by atoms with E-state index >= 15 is 0 Å². The lowest BCUT2D eigenvalue weighted by Crippen LogP contribution is -2.04. The molecule has 3 nitrogen and oxygen atoms in total. The molecule has 2 aromatic carbocycles. The van der Waals surface area contributed by atoms with Crippen LogP contribution < -0.4 is 5.73 Å². The maximum absolute atomic E-state index is 5.90. The van der Waals surface area contributed by atoms with Crippen LogP contribution in [0.2, 0.25) is 0 Å². The van der Waals surface area contributed by atoms with E-state index in [0.29, 0.717) is 5.89 Å². The Hall–Kier alpha value is -2.10. The molecule has 1 unspecified atom stereocenters. The Morgan fingerprint density at radius 1 is 0.905 bits per heavy atom. The summed E-state index contributed by atoms with van der Waals surface area (Å²) in [5, 5.41) is 0. The van der Waals surface area contributed by atoms with Crippen LogP contribution in [0.15, 0.2) is 65.1 Å². The maximum atomic E-state index is 5.90. The van der Waals surface area contributed by atoms with E-state index in [4.69, 9.17) is 10.2 Å². The summed E-state index contributed by atoms with van der Waals surface area (Å²) in [4.78, 5) is 4.56. The zero-order valence-corrected chi connectivity index (χ0v) is 12.5. The van der Waals surface area contributed by atoms with Gasteiger partial charge in [0.05, 0.1) is 6.04 Å². The third-order valence-corrected chi connectivity index (χ3v) is 3.12. The van der Waals surface area contributed by atoms with E-state index in [0.717, 1.165) is 22.6 Å². The number of benzene rings is 2. The molecule has 0 bridgehead atoms. The molecule has 108 valence electrons. The lowest BCUT2D eigenvalue weighted by molar-refractivity contribution is 0.474. The second-order valence-corrected chi connectivity index (χ2v) is 4.75. The van der Waals surface area contributed by atoms with Crippen LogP contribution >= 0.6 is 12.4 Å². The van der Waals surface area contributed by atoms with Gasteiger partial charge in [-0.25, -0.2) is 4.98 Å². The molecule has 0 saturated carbocycles. The molecule has 0 aliphatic rings. The number of hydrogen-bond acceptors (Lipinski definition) is 3. The van der Waals surface area contributed by atoms with E-state index in [-0.39, 0.29) is 18.4 Å². The molecule has 4 heteroatoms. The highest BCUT2D eigenvalue weighted by molar-refractivity contribution is 5.85. The molecule has 2 N–H and O–H groups in total. The Kier molecular flexibility index (Phi) is 4.78. The van der Waals surface area contributed by atoms with Crippen molar-refractivity contribution in [1.29, 1.82) is 0 Å². The number of nitrogens with zero attached hydrogens (tertiary/aromatic N) is 1. The molecule has 3 aromatic rings. The van der Waals surface area contributed by atoms with Gasteiger partial charge in [0.25, 0.3) is 0 Å². The van der Waals surface area contributed by atoms with Crippen molar-refractivity contribution in [3.8, 4) is 22.6 Å². The van der Waals surface area contributed by atoms with Gasteiger partial charge in [0.15, 0.2) is 5.76 Å². The van der Waals surface area contributed by atoms with Crippen molar-refractivity contribution in [2.75, 3.05) is 0 Å². The lowest BCUT2D eigenvalue weighted by Gasteiger charge is -2.00. The molecular weight excluding hydrogens is 284 g/mol. The third kappa shape index (κ3) is 3.15. The normalized spacial score (nSPS) is 11.7. The quantitative estimate of drug-likeness (QED) is 0.777. The molecule has 21 heavy (non-hydrogen) atoms. The zero-order chi connectivity index (χ0) is 13.9. The summed E-state index contributed by atoms with van der Waals surface area (Å²) in [6, 6.07) is 19.8. The number of nitrogens with two attached hydrogens (primary N) is 1. The lowest BCUT2D eigenvalue weighted by atomic mass is 10.1. The summed E-state index contributed by atoms with van der Waals surface area (Å²) in [6.07, 6.45) is 0. The molecule has 0 amide bonds. The van der Waals surface area contributed by atoms with E-state index in [9.17, 15) is 0 Å². The van der Waals surface area contributed by atoms with Gasteiger partial charge in [-0.1, -0.05) is 60.7 Å². The summed E-state index contributed by atoms with van der Waals surface area (Å²) in [6.45, 7) is 1.87. The average Bonchev–Trinajstić information content (AvgIpc) is 2.94. The number of hydrogen-bond donors (Lipinski definition) is 1. The Balaban J connectivity index is 0.00000161. The van der Waals surface area contributed by atoms with Gasteiger partial charge < -0.3 is 10.2 Å². The van der Waals surface area contributed by atoms with Crippen LogP contribution in [-0.2, 0) is 0 Å². The summed E-state index contributed by atoms with van der Waals surface area (Å²) >= 11 is 0. The molecule has 1 atom stereocenters. The number of rotatable bonds is 3. The molecule has 0 aliphatic heterocycles. The molecule has 0 aliphatic carbocycles. The molecule has 0 spiro atoms. The van der Waals surface area contributed by atoms with E-state index in [1.807, 2.05) is 67.6 Å². The second-order valence-electron chi connectivity index (χ2n) is 4.75. The van der Waals surface area contributed by atoms with Gasteiger partial charge in [0.1, 0.15) is 5.69 Å². The van der Waals surface area contributed by atoms with Gasteiger partial charge in [-0.15, -0.1) is 12.4 Å². The minimum absolute atomic E-state index is 0. The minimum atomic E-state index is -0.227. The Labute approximate surface area is 130 Å². The molecule has 3 rings (SSSR count). The van der Waals surface area contributed by atoms with Crippen LogP contribution in [0, 0.1) is 0 Å². The number of aromatic nitrogens is 1. The fourth-order valence-corrected chi connectivity index (χ4v) is 2.11. The highest BCUT2D eigenvalue weighted by Gasteiger charge is 2.18. The van der Waals surface area contributed by atoms with Gasteiger partial charge in [-0.2, -0.15) is 0 Å². The van der Waals surface area contributed by atoms with Crippen molar-refractivity contribution in [3.63, 3.8) is 0 Å². The smallest absolute Gasteiger partial charge is 0.212 e. The summed E-state index contributed by atoms with van der Waals surface area (Å²) in [7, 11) is 0. The third-order valence-electron chi connectivity index (χ3n) is 3.12. The fraction of sp³-hybridized carbons (Fsp3) is 0.118. The fourth-order valence-electron chi connectivity index (χ4n) is 2.11. The van der Waals surface area contributed by atoms with Crippen molar-refractivity contribution in [2.24, 2.45) is 5.73 Å². The first kappa shape index (κ1) is 15.3. The summed E-state index contributed by atoms with van der Waals surface area (Å²) in [5.74, 6) is 1.33. The van der Waals surface area contributed by atoms with Crippen molar-refractivity contribution in [2.45, 2.75) is 13.0 Å².